The normalized spacial score (nSPS) is 25.5. The number of aromatic nitrogens is 2. The van der Waals surface area contributed by atoms with Crippen LogP contribution in [0, 0.1) is 0 Å². The number of hydrogen-bond acceptors (Lipinski definition) is 5. The maximum atomic E-state index is 12.8. The number of carbonyl (C=O) groups excluding carboxylic acids is 1. The molecule has 1 amide bonds. The van der Waals surface area contributed by atoms with Crippen LogP contribution in [-0.2, 0) is 11.3 Å². The lowest BCUT2D eigenvalue weighted by atomic mass is 9.77. The Morgan fingerprint density at radius 2 is 2.15 bits per heavy atom. The molecule has 0 saturated heterocycles. The fraction of sp³-hybridized carbons (Fsp3) is 0.632. The second-order valence-corrected chi connectivity index (χ2v) is 8.34. The van der Waals surface area contributed by atoms with Gasteiger partial charge >= 0.3 is 0 Å². The molecule has 2 aromatic rings. The van der Waals surface area contributed by atoms with Crippen molar-refractivity contribution in [1.29, 1.82) is 0 Å². The molecule has 140 valence electrons. The van der Waals surface area contributed by atoms with E-state index in [1.165, 1.54) is 4.68 Å². The van der Waals surface area contributed by atoms with Crippen LogP contribution in [0.2, 0.25) is 0 Å². The molecule has 2 heterocycles. The average molecular weight is 359 g/mol. The third-order valence-electron chi connectivity index (χ3n) is 5.23. The molecule has 0 unspecified atom stereocenters. The zero-order valence-electron chi connectivity index (χ0n) is 15.4. The second kappa shape index (κ2) is 5.94. The molecular formula is C19H25N3O4. The summed E-state index contributed by atoms with van der Waals surface area (Å²) in [7, 11) is 0. The van der Waals surface area contributed by atoms with E-state index in [0.29, 0.717) is 35.4 Å². The van der Waals surface area contributed by atoms with Gasteiger partial charge in [-0.15, -0.1) is 0 Å². The second-order valence-electron chi connectivity index (χ2n) is 8.34. The van der Waals surface area contributed by atoms with E-state index in [1.54, 1.807) is 6.92 Å². The Morgan fingerprint density at radius 1 is 1.46 bits per heavy atom. The first-order chi connectivity index (χ1) is 12.2. The molecule has 2 N–H and O–H groups in total. The van der Waals surface area contributed by atoms with Gasteiger partial charge in [-0.25, -0.2) is 4.68 Å². The summed E-state index contributed by atoms with van der Waals surface area (Å²) in [5, 5.41) is 17.5. The van der Waals surface area contributed by atoms with Crippen molar-refractivity contribution in [2.45, 2.75) is 76.5 Å². The summed E-state index contributed by atoms with van der Waals surface area (Å²) in [5.74, 6) is 1.07. The van der Waals surface area contributed by atoms with E-state index in [-0.39, 0.29) is 30.0 Å². The molecule has 0 atom stereocenters. The van der Waals surface area contributed by atoms with Crippen molar-refractivity contribution in [3.63, 3.8) is 0 Å². The summed E-state index contributed by atoms with van der Waals surface area (Å²) in [5.41, 5.74) is 0.257. The molecule has 2 aromatic heterocycles. The predicted octanol–water partition coefficient (Wildman–Crippen LogP) is 2.02. The standard InChI is InChI=1S/C19H25N3O4/c1-10(2)16-17-13(6-14(26-17)11-4-5-11)18(24)22(21-16)9-15(23)20-12-7-19(3,25)8-12/h6,10-12,25H,4-5,7-9H2,1-3H3,(H,20,23). The predicted molar refractivity (Wildman–Crippen MR) is 96.1 cm³/mol. The average Bonchev–Trinajstić information content (AvgIpc) is 3.27. The molecule has 7 nitrogen and oxygen atoms in total. The number of amides is 1. The molecule has 2 saturated carbocycles. The van der Waals surface area contributed by atoms with Crippen LogP contribution in [0.25, 0.3) is 11.0 Å². The third kappa shape index (κ3) is 3.16. The number of nitrogens with one attached hydrogen (secondary N) is 1. The number of rotatable bonds is 5. The van der Waals surface area contributed by atoms with Gasteiger partial charge in [0.1, 0.15) is 18.0 Å². The van der Waals surface area contributed by atoms with E-state index >= 15 is 0 Å². The smallest absolute Gasteiger partial charge is 0.278 e. The van der Waals surface area contributed by atoms with Crippen LogP contribution in [0.1, 0.15) is 69.7 Å². The number of aliphatic hydroxyl groups is 1. The van der Waals surface area contributed by atoms with Crippen molar-refractivity contribution >= 4 is 16.9 Å². The zero-order valence-corrected chi connectivity index (χ0v) is 15.4. The minimum Gasteiger partial charge on any atom is -0.459 e. The number of fused-ring (bicyclic) bond motifs is 1. The molecule has 0 spiro atoms. The number of nitrogens with zero attached hydrogens (tertiary/aromatic N) is 2. The van der Waals surface area contributed by atoms with Crippen LogP contribution < -0.4 is 10.9 Å². The summed E-state index contributed by atoms with van der Waals surface area (Å²) in [6.07, 6.45) is 3.24. The zero-order chi connectivity index (χ0) is 18.6. The molecule has 2 fully saturated rings. The Bertz CT molecular complexity index is 913. The molecule has 0 aliphatic heterocycles. The van der Waals surface area contributed by atoms with Gasteiger partial charge in [0.25, 0.3) is 5.56 Å². The van der Waals surface area contributed by atoms with Gasteiger partial charge in [0.15, 0.2) is 5.58 Å². The van der Waals surface area contributed by atoms with Crippen molar-refractivity contribution in [3.05, 3.63) is 27.9 Å². The summed E-state index contributed by atoms with van der Waals surface area (Å²) in [4.78, 5) is 25.1. The molecule has 0 bridgehead atoms. The van der Waals surface area contributed by atoms with E-state index in [9.17, 15) is 14.7 Å². The Kier molecular flexibility index (Phi) is 3.95. The van der Waals surface area contributed by atoms with Crippen LogP contribution >= 0.6 is 0 Å². The van der Waals surface area contributed by atoms with Gasteiger partial charge in [-0.3, -0.25) is 9.59 Å². The lowest BCUT2D eigenvalue weighted by Crippen LogP contribution is -2.54. The Morgan fingerprint density at radius 3 is 2.73 bits per heavy atom. The highest BCUT2D eigenvalue weighted by atomic mass is 16.3. The van der Waals surface area contributed by atoms with E-state index in [1.807, 2.05) is 19.9 Å². The maximum Gasteiger partial charge on any atom is 0.278 e. The summed E-state index contributed by atoms with van der Waals surface area (Å²) >= 11 is 0. The van der Waals surface area contributed by atoms with Gasteiger partial charge in [-0.2, -0.15) is 5.10 Å². The van der Waals surface area contributed by atoms with Crippen LogP contribution in [0.15, 0.2) is 15.3 Å². The van der Waals surface area contributed by atoms with Gasteiger partial charge in [-0.05, 0) is 38.7 Å². The lowest BCUT2D eigenvalue weighted by Gasteiger charge is -2.41. The molecule has 4 rings (SSSR count). The highest BCUT2D eigenvalue weighted by molar-refractivity contribution is 5.80. The topological polar surface area (TPSA) is 97.4 Å². The summed E-state index contributed by atoms with van der Waals surface area (Å²) in [6, 6.07) is 1.78. The Labute approximate surface area is 151 Å². The highest BCUT2D eigenvalue weighted by Crippen LogP contribution is 2.42. The molecule has 26 heavy (non-hydrogen) atoms. The lowest BCUT2D eigenvalue weighted by molar-refractivity contribution is -0.125. The first-order valence-corrected chi connectivity index (χ1v) is 9.30. The molecule has 7 heteroatoms. The minimum atomic E-state index is -0.702. The fourth-order valence-corrected chi connectivity index (χ4v) is 3.69. The van der Waals surface area contributed by atoms with E-state index in [2.05, 4.69) is 10.4 Å². The maximum absolute atomic E-state index is 12.8. The number of carbonyl (C=O) groups is 1. The van der Waals surface area contributed by atoms with Crippen molar-refractivity contribution in [3.8, 4) is 0 Å². The van der Waals surface area contributed by atoms with Crippen LogP contribution in [-0.4, -0.2) is 32.4 Å². The monoisotopic (exact) mass is 359 g/mol. The van der Waals surface area contributed by atoms with E-state index in [0.717, 1.165) is 18.6 Å². The van der Waals surface area contributed by atoms with Crippen molar-refractivity contribution in [2.75, 3.05) is 0 Å². The summed E-state index contributed by atoms with van der Waals surface area (Å²) < 4.78 is 7.17. The van der Waals surface area contributed by atoms with Gasteiger partial charge < -0.3 is 14.8 Å². The SMILES string of the molecule is CC(C)c1nn(CC(=O)NC2CC(C)(O)C2)c(=O)c2cc(C3CC3)oc12. The number of hydrogen-bond donors (Lipinski definition) is 2. The van der Waals surface area contributed by atoms with Gasteiger partial charge in [-0.1, -0.05) is 13.8 Å². The van der Waals surface area contributed by atoms with Gasteiger partial charge in [0, 0.05) is 17.9 Å². The van der Waals surface area contributed by atoms with Crippen molar-refractivity contribution in [2.24, 2.45) is 0 Å². The quantitative estimate of drug-likeness (QED) is 0.851. The molecule has 2 aliphatic carbocycles. The minimum absolute atomic E-state index is 0.0445. The van der Waals surface area contributed by atoms with Crippen molar-refractivity contribution in [1.82, 2.24) is 15.1 Å². The summed E-state index contributed by atoms with van der Waals surface area (Å²) in [6.45, 7) is 5.61. The first-order valence-electron chi connectivity index (χ1n) is 9.30. The van der Waals surface area contributed by atoms with E-state index < -0.39 is 5.60 Å². The Hall–Kier alpha value is -2.15. The third-order valence-corrected chi connectivity index (χ3v) is 5.23. The number of furan rings is 1. The van der Waals surface area contributed by atoms with Crippen molar-refractivity contribution < 1.29 is 14.3 Å². The largest absolute Gasteiger partial charge is 0.459 e. The van der Waals surface area contributed by atoms with E-state index in [4.69, 9.17) is 4.42 Å². The molecular weight excluding hydrogens is 334 g/mol. The van der Waals surface area contributed by atoms with Crippen LogP contribution in [0.3, 0.4) is 0 Å². The Balaban J connectivity index is 1.61. The van der Waals surface area contributed by atoms with Gasteiger partial charge in [0.05, 0.1) is 11.0 Å². The van der Waals surface area contributed by atoms with Crippen LogP contribution in [0.5, 0.6) is 0 Å². The van der Waals surface area contributed by atoms with Gasteiger partial charge in [0.2, 0.25) is 5.91 Å². The molecule has 0 radical (unpaired) electrons. The fourth-order valence-electron chi connectivity index (χ4n) is 3.69. The highest BCUT2D eigenvalue weighted by Gasteiger charge is 2.39. The first kappa shape index (κ1) is 17.3. The van der Waals surface area contributed by atoms with Crippen LogP contribution in [0.4, 0.5) is 0 Å². The molecule has 0 aromatic carbocycles. The molecule has 2 aliphatic rings.